The van der Waals surface area contributed by atoms with Crippen LogP contribution in [0, 0.1) is 6.92 Å². The molecule has 138 valence electrons. The van der Waals surface area contributed by atoms with Gasteiger partial charge in [-0.2, -0.15) is 16.9 Å². The zero-order valence-electron chi connectivity index (χ0n) is 14.8. The SMILES string of the molecule is Cc1nn(C)c2ncc(C(=O)N3CSCC3C(=O)N3CCSCC3)cc12. The minimum absolute atomic E-state index is 0.0789. The van der Waals surface area contributed by atoms with E-state index in [2.05, 4.69) is 10.1 Å². The summed E-state index contributed by atoms with van der Waals surface area (Å²) >= 11 is 3.50. The van der Waals surface area contributed by atoms with Gasteiger partial charge in [0.05, 0.1) is 17.1 Å². The first-order chi connectivity index (χ1) is 12.6. The van der Waals surface area contributed by atoms with Crippen molar-refractivity contribution in [2.45, 2.75) is 13.0 Å². The maximum Gasteiger partial charge on any atom is 0.256 e. The van der Waals surface area contributed by atoms with E-state index in [1.54, 1.807) is 27.5 Å². The summed E-state index contributed by atoms with van der Waals surface area (Å²) < 4.78 is 1.71. The van der Waals surface area contributed by atoms with Crippen molar-refractivity contribution < 1.29 is 9.59 Å². The monoisotopic (exact) mass is 391 g/mol. The first-order valence-electron chi connectivity index (χ1n) is 8.61. The van der Waals surface area contributed by atoms with Crippen LogP contribution in [-0.4, -0.2) is 78.6 Å². The zero-order valence-corrected chi connectivity index (χ0v) is 16.5. The predicted molar refractivity (Wildman–Crippen MR) is 104 cm³/mol. The summed E-state index contributed by atoms with van der Waals surface area (Å²) in [7, 11) is 1.84. The summed E-state index contributed by atoms with van der Waals surface area (Å²) in [5, 5.41) is 5.23. The second kappa shape index (κ2) is 7.11. The molecule has 2 saturated heterocycles. The number of amides is 2. The fourth-order valence-electron chi connectivity index (χ4n) is 3.43. The molecular weight excluding hydrogens is 370 g/mol. The lowest BCUT2D eigenvalue weighted by molar-refractivity contribution is -0.134. The van der Waals surface area contributed by atoms with Crippen molar-refractivity contribution in [1.82, 2.24) is 24.6 Å². The molecule has 2 amide bonds. The van der Waals surface area contributed by atoms with Gasteiger partial charge in [0.25, 0.3) is 5.91 Å². The number of nitrogens with zero attached hydrogens (tertiary/aromatic N) is 5. The average molecular weight is 392 g/mol. The lowest BCUT2D eigenvalue weighted by atomic mass is 10.1. The summed E-state index contributed by atoms with van der Waals surface area (Å²) in [5.41, 5.74) is 2.12. The van der Waals surface area contributed by atoms with E-state index in [4.69, 9.17) is 0 Å². The molecule has 9 heteroatoms. The average Bonchev–Trinajstić information content (AvgIpc) is 3.26. The van der Waals surface area contributed by atoms with Gasteiger partial charge in [-0.05, 0) is 13.0 Å². The molecule has 2 aromatic heterocycles. The highest BCUT2D eigenvalue weighted by Gasteiger charge is 2.38. The number of pyridine rings is 1. The first kappa shape index (κ1) is 17.7. The lowest BCUT2D eigenvalue weighted by Crippen LogP contribution is -2.51. The van der Waals surface area contributed by atoms with Crippen LogP contribution in [0.1, 0.15) is 16.1 Å². The molecule has 0 aromatic carbocycles. The van der Waals surface area contributed by atoms with Crippen LogP contribution in [0.15, 0.2) is 12.3 Å². The van der Waals surface area contributed by atoms with Crippen molar-refractivity contribution in [2.75, 3.05) is 36.2 Å². The molecule has 26 heavy (non-hydrogen) atoms. The Morgan fingerprint density at radius 3 is 2.77 bits per heavy atom. The fourth-order valence-corrected chi connectivity index (χ4v) is 5.48. The van der Waals surface area contributed by atoms with Crippen molar-refractivity contribution in [1.29, 1.82) is 0 Å². The Labute approximate surface area is 160 Å². The van der Waals surface area contributed by atoms with E-state index in [9.17, 15) is 9.59 Å². The number of thioether (sulfide) groups is 2. The minimum atomic E-state index is -0.374. The van der Waals surface area contributed by atoms with E-state index in [-0.39, 0.29) is 17.9 Å². The van der Waals surface area contributed by atoms with Crippen LogP contribution in [0.3, 0.4) is 0 Å². The van der Waals surface area contributed by atoms with Crippen LogP contribution in [0.4, 0.5) is 0 Å². The van der Waals surface area contributed by atoms with Gasteiger partial charge in [-0.25, -0.2) is 4.98 Å². The third kappa shape index (κ3) is 3.07. The maximum absolute atomic E-state index is 13.1. The number of aryl methyl sites for hydroxylation is 2. The molecule has 0 spiro atoms. The molecule has 0 saturated carbocycles. The fraction of sp³-hybridized carbons (Fsp3) is 0.529. The predicted octanol–water partition coefficient (Wildman–Crippen LogP) is 1.37. The lowest BCUT2D eigenvalue weighted by Gasteiger charge is -2.32. The van der Waals surface area contributed by atoms with E-state index in [1.165, 1.54) is 0 Å². The van der Waals surface area contributed by atoms with Gasteiger partial charge in [-0.1, -0.05) is 0 Å². The van der Waals surface area contributed by atoms with Crippen LogP contribution in [0.5, 0.6) is 0 Å². The van der Waals surface area contributed by atoms with E-state index in [1.807, 2.05) is 36.7 Å². The van der Waals surface area contributed by atoms with Gasteiger partial charge in [-0.15, -0.1) is 11.8 Å². The molecule has 0 radical (unpaired) electrons. The largest absolute Gasteiger partial charge is 0.339 e. The minimum Gasteiger partial charge on any atom is -0.339 e. The topological polar surface area (TPSA) is 71.3 Å². The Kier molecular flexibility index (Phi) is 4.83. The Hall–Kier alpha value is -1.74. The van der Waals surface area contributed by atoms with E-state index >= 15 is 0 Å². The Morgan fingerprint density at radius 1 is 1.23 bits per heavy atom. The molecule has 0 aliphatic carbocycles. The molecule has 2 fully saturated rings. The third-order valence-electron chi connectivity index (χ3n) is 4.86. The van der Waals surface area contributed by atoms with E-state index < -0.39 is 0 Å². The van der Waals surface area contributed by atoms with Crippen LogP contribution in [0.2, 0.25) is 0 Å². The van der Waals surface area contributed by atoms with Gasteiger partial charge in [-0.3, -0.25) is 14.3 Å². The molecule has 1 unspecified atom stereocenters. The second-order valence-corrected chi connectivity index (χ2v) is 8.76. The first-order valence-corrected chi connectivity index (χ1v) is 10.9. The van der Waals surface area contributed by atoms with Crippen LogP contribution >= 0.6 is 23.5 Å². The van der Waals surface area contributed by atoms with Crippen molar-refractivity contribution in [3.63, 3.8) is 0 Å². The molecule has 1 atom stereocenters. The molecule has 7 nitrogen and oxygen atoms in total. The van der Waals surface area contributed by atoms with E-state index in [0.717, 1.165) is 41.3 Å². The Bertz CT molecular complexity index is 862. The molecule has 0 bridgehead atoms. The number of hydrogen-bond acceptors (Lipinski definition) is 6. The van der Waals surface area contributed by atoms with Gasteiger partial charge in [0.1, 0.15) is 6.04 Å². The zero-order chi connectivity index (χ0) is 18.3. The number of carbonyl (C=O) groups excluding carboxylic acids is 2. The summed E-state index contributed by atoms with van der Waals surface area (Å²) in [4.78, 5) is 34.0. The highest BCUT2D eigenvalue weighted by atomic mass is 32.2. The van der Waals surface area contributed by atoms with Crippen LogP contribution in [0.25, 0.3) is 11.0 Å². The van der Waals surface area contributed by atoms with E-state index in [0.29, 0.717) is 17.2 Å². The van der Waals surface area contributed by atoms with Crippen LogP contribution < -0.4 is 0 Å². The number of hydrogen-bond donors (Lipinski definition) is 0. The summed E-state index contributed by atoms with van der Waals surface area (Å²) in [6.45, 7) is 3.45. The molecular formula is C17H21N5O2S2. The summed E-state index contributed by atoms with van der Waals surface area (Å²) in [6.07, 6.45) is 1.59. The smallest absolute Gasteiger partial charge is 0.256 e. The molecule has 2 aliphatic heterocycles. The normalized spacial score (nSPS) is 20.8. The van der Waals surface area contributed by atoms with Crippen molar-refractivity contribution in [3.05, 3.63) is 23.5 Å². The van der Waals surface area contributed by atoms with Crippen molar-refractivity contribution in [2.24, 2.45) is 7.05 Å². The highest BCUT2D eigenvalue weighted by molar-refractivity contribution is 7.99. The molecule has 2 aromatic rings. The molecule has 4 heterocycles. The molecule has 4 rings (SSSR count). The quantitative estimate of drug-likeness (QED) is 0.770. The van der Waals surface area contributed by atoms with Gasteiger partial charge in [0, 0.05) is 49.0 Å². The maximum atomic E-state index is 13.1. The third-order valence-corrected chi connectivity index (χ3v) is 6.82. The summed E-state index contributed by atoms with van der Waals surface area (Å²) in [6, 6.07) is 1.47. The van der Waals surface area contributed by atoms with Gasteiger partial charge in [0.15, 0.2) is 5.65 Å². The van der Waals surface area contributed by atoms with Gasteiger partial charge in [0.2, 0.25) is 5.91 Å². The van der Waals surface area contributed by atoms with Gasteiger partial charge < -0.3 is 9.80 Å². The summed E-state index contributed by atoms with van der Waals surface area (Å²) in [5.74, 6) is 3.10. The Balaban J connectivity index is 1.58. The standard InChI is InChI=1S/C17H21N5O2S2/c1-11-13-7-12(8-18-15(13)20(2)19-11)16(23)22-10-26-9-14(22)17(24)21-3-5-25-6-4-21/h7-8,14H,3-6,9-10H2,1-2H3. The van der Waals surface area contributed by atoms with Crippen molar-refractivity contribution in [3.8, 4) is 0 Å². The molecule has 2 aliphatic rings. The highest BCUT2D eigenvalue weighted by Crippen LogP contribution is 2.26. The number of aromatic nitrogens is 3. The van der Waals surface area contributed by atoms with Crippen LogP contribution in [-0.2, 0) is 11.8 Å². The number of fused-ring (bicyclic) bond motifs is 1. The second-order valence-electron chi connectivity index (χ2n) is 6.53. The van der Waals surface area contributed by atoms with Crippen molar-refractivity contribution >= 4 is 46.4 Å². The number of carbonyl (C=O) groups is 2. The molecule has 0 N–H and O–H groups in total. The number of rotatable bonds is 2. The Morgan fingerprint density at radius 2 is 2.00 bits per heavy atom. The van der Waals surface area contributed by atoms with Gasteiger partial charge >= 0.3 is 0 Å².